The van der Waals surface area contributed by atoms with Gasteiger partial charge in [-0.1, -0.05) is 188 Å². The Kier molecular flexibility index (Phi) is 7.48. The Morgan fingerprint density at radius 3 is 1.85 bits per heavy atom. The molecule has 0 saturated heterocycles. The molecule has 2 aliphatic rings. The second kappa shape index (κ2) is 13.2. The van der Waals surface area contributed by atoms with Gasteiger partial charge in [0.05, 0.1) is 16.8 Å². The van der Waals surface area contributed by atoms with E-state index in [4.69, 9.17) is 4.74 Å². The van der Waals surface area contributed by atoms with Crippen LogP contribution < -0.4 is 9.64 Å². The number of hydrogen-bond donors (Lipinski definition) is 0. The van der Waals surface area contributed by atoms with Crippen LogP contribution in [0.1, 0.15) is 22.3 Å². The van der Waals surface area contributed by atoms with Gasteiger partial charge < -0.3 is 9.64 Å². The van der Waals surface area contributed by atoms with Crippen LogP contribution in [0.4, 0.5) is 17.1 Å². The monoisotopic (exact) mass is 751 g/mol. The number of ether oxygens (including phenoxy) is 1. The molecule has 0 fully saturated rings. The first kappa shape index (κ1) is 33.5. The lowest BCUT2D eigenvalue weighted by Crippen LogP contribution is -2.32. The molecule has 2 nitrogen and oxygen atoms in total. The summed E-state index contributed by atoms with van der Waals surface area (Å²) in [6, 6.07) is 81.7. The first-order valence-electron chi connectivity index (χ1n) is 20.3. The molecule has 59 heavy (non-hydrogen) atoms. The predicted octanol–water partition coefficient (Wildman–Crippen LogP) is 15.3. The Morgan fingerprint density at radius 1 is 0.356 bits per heavy atom. The standard InChI is InChI=1S/C57H37NO/c1-2-16-40(17-3-1)45-20-9-12-26-52(45)58(44-34-31-39(32-35-44)43-30-29-38-15-4-5-19-42(38)37-43)53-27-14-25-50-55(53)47-22-8-10-23-48(47)57(50)49-24-11-13-28-54(49)59-56-46-21-7-6-18-41(46)33-36-51(56)57/h1-37H. The van der Waals surface area contributed by atoms with Crippen LogP contribution in [0.2, 0.25) is 0 Å². The van der Waals surface area contributed by atoms with Gasteiger partial charge in [0.2, 0.25) is 0 Å². The van der Waals surface area contributed by atoms with Crippen LogP contribution >= 0.6 is 0 Å². The van der Waals surface area contributed by atoms with Crippen LogP contribution in [0.3, 0.4) is 0 Å². The highest BCUT2D eigenvalue weighted by atomic mass is 16.5. The van der Waals surface area contributed by atoms with E-state index in [2.05, 4.69) is 229 Å². The molecule has 1 heterocycles. The molecular weight excluding hydrogens is 715 g/mol. The first-order chi connectivity index (χ1) is 29.3. The fraction of sp³-hybridized carbons (Fsp3) is 0.0175. The number of benzene rings is 10. The van der Waals surface area contributed by atoms with Gasteiger partial charge in [-0.3, -0.25) is 0 Å². The van der Waals surface area contributed by atoms with Gasteiger partial charge in [0.25, 0.3) is 0 Å². The van der Waals surface area contributed by atoms with E-state index in [1.807, 2.05) is 0 Å². The van der Waals surface area contributed by atoms with Gasteiger partial charge in [-0.05, 0) is 85.9 Å². The lowest BCUT2D eigenvalue weighted by atomic mass is 9.65. The third kappa shape index (κ3) is 5.00. The summed E-state index contributed by atoms with van der Waals surface area (Å²) < 4.78 is 6.95. The van der Waals surface area contributed by atoms with Gasteiger partial charge in [-0.2, -0.15) is 0 Å². The van der Waals surface area contributed by atoms with Gasteiger partial charge >= 0.3 is 0 Å². The molecule has 0 saturated carbocycles. The molecule has 1 aliphatic carbocycles. The van der Waals surface area contributed by atoms with Crippen molar-refractivity contribution in [3.63, 3.8) is 0 Å². The lowest BCUT2D eigenvalue weighted by Gasteiger charge is -2.40. The average molecular weight is 752 g/mol. The molecule has 0 bridgehead atoms. The van der Waals surface area contributed by atoms with Crippen molar-refractivity contribution in [3.8, 4) is 44.9 Å². The number of anilines is 3. The molecule has 1 aliphatic heterocycles. The summed E-state index contributed by atoms with van der Waals surface area (Å²) in [6.45, 7) is 0. The molecule has 0 amide bonds. The highest BCUT2D eigenvalue weighted by Gasteiger charge is 2.52. The quantitative estimate of drug-likeness (QED) is 0.174. The van der Waals surface area contributed by atoms with E-state index in [1.54, 1.807) is 0 Å². The summed E-state index contributed by atoms with van der Waals surface area (Å²) in [4.78, 5) is 2.48. The fourth-order valence-corrected chi connectivity index (χ4v) is 9.95. The maximum Gasteiger partial charge on any atom is 0.140 e. The van der Waals surface area contributed by atoms with Crippen molar-refractivity contribution in [2.24, 2.45) is 0 Å². The van der Waals surface area contributed by atoms with Gasteiger partial charge in [-0.15, -0.1) is 0 Å². The van der Waals surface area contributed by atoms with E-state index in [1.165, 1.54) is 55.3 Å². The van der Waals surface area contributed by atoms with Gasteiger partial charge in [0, 0.05) is 33.3 Å². The maximum atomic E-state index is 6.95. The molecular formula is C57H37NO. The zero-order chi connectivity index (χ0) is 38.9. The molecule has 10 aromatic rings. The Hall–Kier alpha value is -7.68. The first-order valence-corrected chi connectivity index (χ1v) is 20.3. The van der Waals surface area contributed by atoms with Gasteiger partial charge in [0.1, 0.15) is 11.5 Å². The van der Waals surface area contributed by atoms with Crippen molar-refractivity contribution in [1.82, 2.24) is 0 Å². The van der Waals surface area contributed by atoms with E-state index < -0.39 is 5.41 Å². The smallest absolute Gasteiger partial charge is 0.140 e. The van der Waals surface area contributed by atoms with Crippen LogP contribution in [0.15, 0.2) is 224 Å². The number of fused-ring (bicyclic) bond motifs is 12. The topological polar surface area (TPSA) is 12.5 Å². The summed E-state index contributed by atoms with van der Waals surface area (Å²) in [5, 5.41) is 4.77. The average Bonchev–Trinajstić information content (AvgIpc) is 3.60. The van der Waals surface area contributed by atoms with Crippen LogP contribution in [0, 0.1) is 0 Å². The Bertz CT molecular complexity index is 3260. The third-order valence-electron chi connectivity index (χ3n) is 12.5. The number of nitrogens with zero attached hydrogens (tertiary/aromatic N) is 1. The predicted molar refractivity (Wildman–Crippen MR) is 244 cm³/mol. The number of para-hydroxylation sites is 2. The summed E-state index contributed by atoms with van der Waals surface area (Å²) >= 11 is 0. The summed E-state index contributed by atoms with van der Waals surface area (Å²) in [5.41, 5.74) is 14.7. The van der Waals surface area contributed by atoms with Crippen molar-refractivity contribution in [1.29, 1.82) is 0 Å². The van der Waals surface area contributed by atoms with E-state index in [0.29, 0.717) is 0 Å². The summed E-state index contributed by atoms with van der Waals surface area (Å²) in [5.74, 6) is 1.81. The SMILES string of the molecule is c1ccc(-c2ccccc2N(c2ccc(-c3ccc4ccccc4c3)cc2)c2cccc3c2-c2ccccc2C32c3ccccc3Oc3c2ccc2ccccc32)cc1. The number of hydrogen-bond acceptors (Lipinski definition) is 2. The number of rotatable bonds is 5. The zero-order valence-corrected chi connectivity index (χ0v) is 32.2. The zero-order valence-electron chi connectivity index (χ0n) is 32.2. The van der Waals surface area contributed by atoms with Crippen molar-refractivity contribution < 1.29 is 4.74 Å². The van der Waals surface area contributed by atoms with Crippen molar-refractivity contribution in [3.05, 3.63) is 247 Å². The molecule has 10 aromatic carbocycles. The Balaban J connectivity index is 1.13. The third-order valence-corrected chi connectivity index (χ3v) is 12.5. The molecule has 1 unspecified atom stereocenters. The van der Waals surface area contributed by atoms with E-state index >= 15 is 0 Å². The van der Waals surface area contributed by atoms with Crippen LogP contribution in [-0.2, 0) is 5.41 Å². The molecule has 276 valence electrons. The minimum atomic E-state index is -0.610. The molecule has 1 atom stereocenters. The highest BCUT2D eigenvalue weighted by Crippen LogP contribution is 2.65. The van der Waals surface area contributed by atoms with Crippen LogP contribution in [0.5, 0.6) is 11.5 Å². The molecule has 2 heteroatoms. The van der Waals surface area contributed by atoms with Crippen LogP contribution in [-0.4, -0.2) is 0 Å². The minimum Gasteiger partial charge on any atom is -0.456 e. The van der Waals surface area contributed by atoms with E-state index in [-0.39, 0.29) is 0 Å². The van der Waals surface area contributed by atoms with Crippen molar-refractivity contribution in [2.45, 2.75) is 5.41 Å². The van der Waals surface area contributed by atoms with E-state index in [9.17, 15) is 0 Å². The lowest BCUT2D eigenvalue weighted by molar-refractivity contribution is 0.441. The van der Waals surface area contributed by atoms with Gasteiger partial charge in [0.15, 0.2) is 0 Å². The molecule has 0 radical (unpaired) electrons. The molecule has 1 spiro atoms. The Morgan fingerprint density at radius 2 is 0.983 bits per heavy atom. The normalized spacial score (nSPS) is 14.6. The second-order valence-corrected chi connectivity index (χ2v) is 15.6. The molecule has 12 rings (SSSR count). The largest absolute Gasteiger partial charge is 0.456 e. The highest BCUT2D eigenvalue weighted by molar-refractivity contribution is 6.02. The fourth-order valence-electron chi connectivity index (χ4n) is 9.95. The molecule has 0 N–H and O–H groups in total. The van der Waals surface area contributed by atoms with Crippen molar-refractivity contribution in [2.75, 3.05) is 4.90 Å². The maximum absolute atomic E-state index is 6.95. The molecule has 0 aromatic heterocycles. The summed E-state index contributed by atoms with van der Waals surface area (Å²) in [7, 11) is 0. The van der Waals surface area contributed by atoms with Gasteiger partial charge in [-0.25, -0.2) is 0 Å². The van der Waals surface area contributed by atoms with Crippen LogP contribution in [0.25, 0.3) is 54.9 Å². The van der Waals surface area contributed by atoms with E-state index in [0.717, 1.165) is 50.5 Å². The second-order valence-electron chi connectivity index (χ2n) is 15.6. The Labute approximate surface area is 343 Å². The summed E-state index contributed by atoms with van der Waals surface area (Å²) in [6.07, 6.45) is 0. The minimum absolute atomic E-state index is 0.610. The van der Waals surface area contributed by atoms with Crippen molar-refractivity contribution >= 4 is 38.6 Å².